The summed E-state index contributed by atoms with van der Waals surface area (Å²) < 4.78 is 45.2. The minimum atomic E-state index is -4.06. The highest BCUT2D eigenvalue weighted by atomic mass is 32.2. The van der Waals surface area contributed by atoms with Crippen LogP contribution in [-0.4, -0.2) is 45.2 Å². The molecule has 3 heterocycles. The van der Waals surface area contributed by atoms with Crippen LogP contribution in [0.5, 0.6) is 0 Å². The lowest BCUT2D eigenvalue weighted by Crippen LogP contribution is -2.25. The van der Waals surface area contributed by atoms with E-state index in [1.807, 2.05) is 0 Å². The van der Waals surface area contributed by atoms with E-state index in [2.05, 4.69) is 13.6 Å². The number of hydrogen-bond donors (Lipinski definition) is 0. The maximum absolute atomic E-state index is 12.2. The lowest BCUT2D eigenvalue weighted by Gasteiger charge is -2.21. The minimum absolute atomic E-state index is 0.144. The number of aromatic nitrogens is 2. The first-order valence-corrected chi connectivity index (χ1v) is 8.99. The summed E-state index contributed by atoms with van der Waals surface area (Å²) in [5.74, 6) is 1.53. The highest BCUT2D eigenvalue weighted by Crippen LogP contribution is 2.41. The van der Waals surface area contributed by atoms with Gasteiger partial charge in [0.2, 0.25) is 0 Å². The normalized spacial score (nSPS) is 29.0. The van der Waals surface area contributed by atoms with E-state index in [9.17, 15) is 13.2 Å². The third kappa shape index (κ3) is 3.90. The van der Waals surface area contributed by atoms with Gasteiger partial charge in [-0.15, -0.1) is 11.8 Å². The van der Waals surface area contributed by atoms with Gasteiger partial charge in [0.1, 0.15) is 5.03 Å². The summed E-state index contributed by atoms with van der Waals surface area (Å²) in [4.78, 5) is 2.47. The molecule has 2 aliphatic rings. The van der Waals surface area contributed by atoms with E-state index in [0.717, 1.165) is 23.8 Å². The van der Waals surface area contributed by atoms with Crippen LogP contribution in [0.1, 0.15) is 37.3 Å². The first-order chi connectivity index (χ1) is 10.0. The van der Waals surface area contributed by atoms with Gasteiger partial charge in [-0.2, -0.15) is 21.9 Å². The van der Waals surface area contributed by atoms with Gasteiger partial charge in [0.25, 0.3) is 0 Å². The summed E-state index contributed by atoms with van der Waals surface area (Å²) in [7, 11) is 0. The Kier molecular flexibility index (Phi) is 4.75. The zero-order valence-corrected chi connectivity index (χ0v) is 13.2. The molecule has 3 nitrogen and oxygen atoms in total. The Hall–Kier alpha value is -0.340. The van der Waals surface area contributed by atoms with Crippen LogP contribution in [0, 0.1) is 5.92 Å². The van der Waals surface area contributed by atoms with Gasteiger partial charge in [-0.1, -0.05) is 0 Å². The molecule has 8 heteroatoms. The van der Waals surface area contributed by atoms with E-state index in [1.54, 1.807) is 0 Å². The second-order valence-corrected chi connectivity index (χ2v) is 7.40. The van der Waals surface area contributed by atoms with Crippen molar-refractivity contribution in [3.63, 3.8) is 0 Å². The van der Waals surface area contributed by atoms with E-state index in [-0.39, 0.29) is 6.42 Å². The molecule has 118 valence electrons. The zero-order valence-electron chi connectivity index (χ0n) is 11.6. The van der Waals surface area contributed by atoms with Gasteiger partial charge in [-0.25, -0.2) is 0 Å². The van der Waals surface area contributed by atoms with Gasteiger partial charge in [0.15, 0.2) is 0 Å². The van der Waals surface area contributed by atoms with E-state index < -0.39 is 12.6 Å². The molecule has 2 bridgehead atoms. The number of rotatable bonds is 5. The van der Waals surface area contributed by atoms with E-state index in [4.69, 9.17) is 0 Å². The van der Waals surface area contributed by atoms with Crippen LogP contribution < -0.4 is 0 Å². The average Bonchev–Trinajstić information content (AvgIpc) is 2.98. The van der Waals surface area contributed by atoms with Gasteiger partial charge in [0, 0.05) is 25.4 Å². The molecule has 2 fully saturated rings. The van der Waals surface area contributed by atoms with E-state index in [1.165, 1.54) is 42.9 Å². The highest BCUT2D eigenvalue weighted by Gasteiger charge is 2.39. The lowest BCUT2D eigenvalue weighted by molar-refractivity contribution is -0.134. The fourth-order valence-electron chi connectivity index (χ4n) is 3.28. The van der Waals surface area contributed by atoms with Crippen molar-refractivity contribution in [2.75, 3.05) is 25.4 Å². The number of nitrogens with zero attached hydrogens (tertiary/aromatic N) is 3. The number of fused-ring (bicyclic) bond motifs is 2. The average molecular weight is 337 g/mol. The minimum Gasteiger partial charge on any atom is -0.302 e. The molecular weight excluding hydrogens is 319 g/mol. The van der Waals surface area contributed by atoms with Gasteiger partial charge >= 0.3 is 6.18 Å². The number of hydrogen-bond acceptors (Lipinski definition) is 5. The van der Waals surface area contributed by atoms with E-state index >= 15 is 0 Å². The van der Waals surface area contributed by atoms with Crippen LogP contribution in [-0.2, 0) is 0 Å². The summed E-state index contributed by atoms with van der Waals surface area (Å²) >= 11 is 2.62. The van der Waals surface area contributed by atoms with Crippen molar-refractivity contribution >= 4 is 23.5 Å². The van der Waals surface area contributed by atoms with E-state index in [0.29, 0.717) is 17.6 Å². The van der Waals surface area contributed by atoms with Crippen LogP contribution in [0.15, 0.2) is 5.03 Å². The van der Waals surface area contributed by atoms with Crippen LogP contribution in [0.3, 0.4) is 0 Å². The fourth-order valence-corrected chi connectivity index (χ4v) is 4.99. The summed E-state index contributed by atoms with van der Waals surface area (Å²) in [5, 5.41) is 0.862. The van der Waals surface area contributed by atoms with Gasteiger partial charge < -0.3 is 4.90 Å². The molecule has 21 heavy (non-hydrogen) atoms. The Morgan fingerprint density at radius 3 is 2.90 bits per heavy atom. The number of alkyl halides is 3. The quantitative estimate of drug-likeness (QED) is 0.604. The molecule has 0 spiro atoms. The molecule has 3 atom stereocenters. The molecule has 0 aromatic carbocycles. The first-order valence-electron chi connectivity index (χ1n) is 7.27. The molecule has 2 unspecified atom stereocenters. The molecule has 1 aromatic rings. The molecule has 2 saturated heterocycles. The number of thioether (sulfide) groups is 1. The van der Waals surface area contributed by atoms with Crippen LogP contribution in [0.25, 0.3) is 0 Å². The van der Waals surface area contributed by atoms with Crippen molar-refractivity contribution in [3.05, 3.63) is 5.69 Å². The van der Waals surface area contributed by atoms with Crippen molar-refractivity contribution in [3.8, 4) is 0 Å². The Bertz CT molecular complexity index is 477. The molecule has 1 aromatic heterocycles. The predicted molar refractivity (Wildman–Crippen MR) is 77.8 cm³/mol. The third-order valence-electron chi connectivity index (χ3n) is 4.24. The largest absolute Gasteiger partial charge is 0.389 e. The first kappa shape index (κ1) is 15.6. The van der Waals surface area contributed by atoms with Crippen LogP contribution in [0.4, 0.5) is 13.2 Å². The highest BCUT2D eigenvalue weighted by molar-refractivity contribution is 7.99. The molecule has 0 amide bonds. The summed E-state index contributed by atoms with van der Waals surface area (Å²) in [5.41, 5.74) is 1.03. The molecule has 0 saturated carbocycles. The van der Waals surface area contributed by atoms with Crippen molar-refractivity contribution < 1.29 is 13.2 Å². The number of halogens is 3. The summed E-state index contributed by atoms with van der Waals surface area (Å²) in [6, 6.07) is 0. The number of piperidine rings is 1. The molecule has 0 aliphatic carbocycles. The van der Waals surface area contributed by atoms with Gasteiger partial charge in [0.05, 0.1) is 17.4 Å². The van der Waals surface area contributed by atoms with Crippen LogP contribution >= 0.6 is 23.5 Å². The van der Waals surface area contributed by atoms with Crippen molar-refractivity contribution in [2.24, 2.45) is 5.92 Å². The molecular formula is C13H18F3N3S2. The standard InChI is InChI=1S/C13H18F3N3S2/c14-13(15,16)4-2-6-20-12-11(17-21-18-12)10-8-19-5-1-3-9(10)7-19/h9-10H,1-8H2/t9?,10-/m1/s1. The monoisotopic (exact) mass is 337 g/mol. The van der Waals surface area contributed by atoms with Crippen LogP contribution in [0.2, 0.25) is 0 Å². The lowest BCUT2D eigenvalue weighted by atomic mass is 9.89. The molecule has 0 N–H and O–H groups in total. The predicted octanol–water partition coefficient (Wildman–Crippen LogP) is 3.78. The van der Waals surface area contributed by atoms with Gasteiger partial charge in [-0.3, -0.25) is 0 Å². The van der Waals surface area contributed by atoms with Crippen molar-refractivity contribution in [2.45, 2.75) is 42.8 Å². The summed E-state index contributed by atoms with van der Waals surface area (Å²) in [6.45, 7) is 3.34. The van der Waals surface area contributed by atoms with Crippen molar-refractivity contribution in [1.29, 1.82) is 0 Å². The van der Waals surface area contributed by atoms with Crippen molar-refractivity contribution in [1.82, 2.24) is 13.6 Å². The Balaban J connectivity index is 1.57. The Morgan fingerprint density at radius 2 is 2.14 bits per heavy atom. The van der Waals surface area contributed by atoms with Gasteiger partial charge in [-0.05, 0) is 37.5 Å². The maximum Gasteiger partial charge on any atom is 0.389 e. The zero-order chi connectivity index (χ0) is 14.9. The Morgan fingerprint density at radius 1 is 1.29 bits per heavy atom. The second kappa shape index (κ2) is 6.42. The third-order valence-corrected chi connectivity index (χ3v) is 5.97. The molecule has 0 radical (unpaired) electrons. The topological polar surface area (TPSA) is 29.0 Å². The smallest absolute Gasteiger partial charge is 0.302 e. The fraction of sp³-hybridized carbons (Fsp3) is 0.846. The molecule has 3 rings (SSSR count). The molecule has 2 aliphatic heterocycles. The SMILES string of the molecule is FC(F)(F)CCCSc1nsnc1[C@@H]1CN2CCCC1C2. The second-order valence-electron chi connectivity index (χ2n) is 5.79. The Labute approximate surface area is 130 Å². The maximum atomic E-state index is 12.2. The summed E-state index contributed by atoms with van der Waals surface area (Å²) in [6.07, 6.45) is -2.15.